The van der Waals surface area contributed by atoms with Gasteiger partial charge in [-0.1, -0.05) is 26.0 Å². The third-order valence-corrected chi connectivity index (χ3v) is 8.75. The Morgan fingerprint density at radius 1 is 1.18 bits per heavy atom. The van der Waals surface area contributed by atoms with E-state index in [0.29, 0.717) is 30.2 Å². The predicted molar refractivity (Wildman–Crippen MR) is 123 cm³/mol. The number of imide groups is 1. The van der Waals surface area contributed by atoms with Gasteiger partial charge in [0.2, 0.25) is 11.8 Å². The highest BCUT2D eigenvalue weighted by molar-refractivity contribution is 6.22. The highest BCUT2D eigenvalue weighted by atomic mass is 16.5. The van der Waals surface area contributed by atoms with Crippen LogP contribution in [0.15, 0.2) is 24.3 Å². The van der Waals surface area contributed by atoms with E-state index in [-0.39, 0.29) is 41.2 Å². The molecule has 2 aliphatic heterocycles. The minimum absolute atomic E-state index is 0.0683. The first kappa shape index (κ1) is 22.5. The molecule has 4 fully saturated rings. The number of benzene rings is 1. The van der Waals surface area contributed by atoms with Gasteiger partial charge in [0.15, 0.2) is 0 Å². The summed E-state index contributed by atoms with van der Waals surface area (Å²) < 4.78 is 11.9. The number of anilines is 1. The van der Waals surface area contributed by atoms with Crippen molar-refractivity contribution in [3.05, 3.63) is 29.8 Å². The zero-order chi connectivity index (χ0) is 23.3. The van der Waals surface area contributed by atoms with Crippen molar-refractivity contribution in [3.63, 3.8) is 0 Å². The Hall–Kier alpha value is -2.25. The third kappa shape index (κ3) is 3.51. The molecule has 4 aliphatic rings. The normalized spacial score (nSPS) is 35.8. The zero-order valence-corrected chi connectivity index (χ0v) is 19.8. The first-order valence-corrected chi connectivity index (χ1v) is 12.3. The number of nitrogens with zero attached hydrogens (tertiary/aromatic N) is 2. The molecule has 2 aliphatic carbocycles. The summed E-state index contributed by atoms with van der Waals surface area (Å²) in [5.74, 6) is -0.378. The molecule has 1 aromatic rings. The van der Waals surface area contributed by atoms with Crippen molar-refractivity contribution in [2.75, 3.05) is 31.7 Å². The van der Waals surface area contributed by atoms with Crippen molar-refractivity contribution in [2.45, 2.75) is 58.1 Å². The van der Waals surface area contributed by atoms with E-state index in [1.807, 2.05) is 7.11 Å². The number of carbonyl (C=O) groups excluding carboxylic acids is 3. The maximum absolute atomic E-state index is 13.3. The molecule has 1 aromatic carbocycles. The number of hydrogen-bond donors (Lipinski definition) is 0. The van der Waals surface area contributed by atoms with Crippen molar-refractivity contribution in [1.29, 1.82) is 0 Å². The Labute approximate surface area is 195 Å². The molecule has 2 amide bonds. The molecular formula is C26H34N2O5. The maximum Gasteiger partial charge on any atom is 0.340 e. The van der Waals surface area contributed by atoms with Gasteiger partial charge in [-0.25, -0.2) is 9.69 Å². The Bertz CT molecular complexity index is 964. The molecule has 0 unspecified atom stereocenters. The van der Waals surface area contributed by atoms with Crippen LogP contribution in [0.4, 0.5) is 5.69 Å². The van der Waals surface area contributed by atoms with Crippen molar-refractivity contribution < 1.29 is 23.9 Å². The molecule has 0 N–H and O–H groups in total. The van der Waals surface area contributed by atoms with Crippen LogP contribution in [0.25, 0.3) is 0 Å². The monoisotopic (exact) mass is 454 g/mol. The van der Waals surface area contributed by atoms with Gasteiger partial charge in [0.25, 0.3) is 0 Å². The van der Waals surface area contributed by atoms with Crippen LogP contribution < -0.4 is 4.90 Å². The quantitative estimate of drug-likeness (QED) is 0.485. The van der Waals surface area contributed by atoms with E-state index in [4.69, 9.17) is 9.47 Å². The van der Waals surface area contributed by atoms with Gasteiger partial charge >= 0.3 is 5.97 Å². The van der Waals surface area contributed by atoms with E-state index in [1.54, 1.807) is 31.2 Å². The Morgan fingerprint density at radius 3 is 2.67 bits per heavy atom. The molecule has 2 saturated heterocycles. The predicted octanol–water partition coefficient (Wildman–Crippen LogP) is 3.27. The summed E-state index contributed by atoms with van der Waals surface area (Å²) in [4.78, 5) is 42.1. The van der Waals surface area contributed by atoms with Crippen LogP contribution in [-0.4, -0.2) is 61.6 Å². The van der Waals surface area contributed by atoms with E-state index in [2.05, 4.69) is 11.8 Å². The molecule has 0 spiro atoms. The number of ether oxygens (including phenoxy) is 2. The van der Waals surface area contributed by atoms with Crippen LogP contribution in [0.5, 0.6) is 0 Å². The van der Waals surface area contributed by atoms with Gasteiger partial charge in [0.05, 0.1) is 24.0 Å². The molecule has 2 heterocycles. The molecule has 7 nitrogen and oxygen atoms in total. The maximum atomic E-state index is 13.3. The average molecular weight is 455 g/mol. The lowest BCUT2D eigenvalue weighted by Gasteiger charge is -2.56. The number of para-hydroxylation sites is 1. The second-order valence-corrected chi connectivity index (χ2v) is 10.3. The Morgan fingerprint density at radius 2 is 1.97 bits per heavy atom. The first-order chi connectivity index (χ1) is 15.9. The molecular weight excluding hydrogens is 420 g/mol. The van der Waals surface area contributed by atoms with Crippen LogP contribution in [0.3, 0.4) is 0 Å². The zero-order valence-electron chi connectivity index (χ0n) is 19.8. The SMILES string of the molecule is CCN1C[C@]2(COC(=O)c3ccccc3N3C(=O)C[C@H](C)C3=O)CC[C@H](OC)[C@@H]3[C@H]1CC[C@@H]32. The Balaban J connectivity index is 1.38. The van der Waals surface area contributed by atoms with Crippen LogP contribution in [0, 0.1) is 23.2 Å². The molecule has 0 radical (unpaired) electrons. The summed E-state index contributed by atoms with van der Waals surface area (Å²) in [7, 11) is 1.82. The summed E-state index contributed by atoms with van der Waals surface area (Å²) in [5.41, 5.74) is 0.542. The fourth-order valence-corrected chi connectivity index (χ4v) is 7.19. The number of amides is 2. The van der Waals surface area contributed by atoms with Gasteiger partial charge in [-0.2, -0.15) is 0 Å². The summed E-state index contributed by atoms with van der Waals surface area (Å²) in [5, 5.41) is 0. The van der Waals surface area contributed by atoms with Gasteiger partial charge in [0.1, 0.15) is 0 Å². The third-order valence-electron chi connectivity index (χ3n) is 8.75. The molecule has 178 valence electrons. The molecule has 2 saturated carbocycles. The lowest BCUT2D eigenvalue weighted by molar-refractivity contribution is -0.140. The van der Waals surface area contributed by atoms with Crippen LogP contribution in [0.2, 0.25) is 0 Å². The average Bonchev–Trinajstić information content (AvgIpc) is 3.31. The van der Waals surface area contributed by atoms with Crippen molar-refractivity contribution in [1.82, 2.24) is 4.90 Å². The van der Waals surface area contributed by atoms with Crippen molar-refractivity contribution in [2.24, 2.45) is 23.2 Å². The van der Waals surface area contributed by atoms with Gasteiger partial charge in [-0.05, 0) is 50.3 Å². The fraction of sp³-hybridized carbons (Fsp3) is 0.654. The molecule has 4 bridgehead atoms. The summed E-state index contributed by atoms with van der Waals surface area (Å²) >= 11 is 0. The van der Waals surface area contributed by atoms with Crippen molar-refractivity contribution in [3.8, 4) is 0 Å². The van der Waals surface area contributed by atoms with Gasteiger partial charge in [0, 0.05) is 43.4 Å². The summed E-state index contributed by atoms with van der Waals surface area (Å²) in [6, 6.07) is 7.35. The molecule has 5 rings (SSSR count). The van der Waals surface area contributed by atoms with Crippen LogP contribution >= 0.6 is 0 Å². The van der Waals surface area contributed by atoms with Gasteiger partial charge < -0.3 is 9.47 Å². The number of methoxy groups -OCH3 is 1. The molecule has 0 aromatic heterocycles. The largest absolute Gasteiger partial charge is 0.461 e. The fourth-order valence-electron chi connectivity index (χ4n) is 7.19. The smallest absolute Gasteiger partial charge is 0.340 e. The second kappa shape index (κ2) is 8.51. The summed E-state index contributed by atoms with van der Waals surface area (Å²) in [6.45, 7) is 6.24. The number of piperidine rings is 1. The number of esters is 1. The lowest BCUT2D eigenvalue weighted by atomic mass is 9.59. The standard InChI is InChI=1S/C26H34N2O5/c1-4-27-14-26(12-11-21(32-3)23-18(26)9-10-20(23)27)15-33-25(31)17-7-5-6-8-19(17)28-22(29)13-16(2)24(28)30/h5-8,16,18,20-21,23H,4,9-15H2,1-3H3/t16-,18-,20+,21-,23-,26-/m0/s1. The van der Waals surface area contributed by atoms with E-state index in [9.17, 15) is 14.4 Å². The van der Waals surface area contributed by atoms with Gasteiger partial charge in [-0.3, -0.25) is 14.5 Å². The van der Waals surface area contributed by atoms with Gasteiger partial charge in [-0.15, -0.1) is 0 Å². The molecule has 33 heavy (non-hydrogen) atoms. The van der Waals surface area contributed by atoms with Crippen LogP contribution in [0.1, 0.15) is 56.3 Å². The van der Waals surface area contributed by atoms with E-state index in [1.165, 1.54) is 6.42 Å². The van der Waals surface area contributed by atoms with E-state index >= 15 is 0 Å². The minimum atomic E-state index is -0.464. The van der Waals surface area contributed by atoms with E-state index < -0.39 is 5.97 Å². The van der Waals surface area contributed by atoms with Crippen LogP contribution in [-0.2, 0) is 19.1 Å². The first-order valence-electron chi connectivity index (χ1n) is 12.3. The summed E-state index contributed by atoms with van der Waals surface area (Å²) in [6.07, 6.45) is 4.74. The number of likely N-dealkylation sites (tertiary alicyclic amines) is 1. The number of rotatable bonds is 6. The minimum Gasteiger partial charge on any atom is -0.461 e. The highest BCUT2D eigenvalue weighted by Gasteiger charge is 2.60. The number of hydrogen-bond acceptors (Lipinski definition) is 6. The number of carbonyl (C=O) groups is 3. The topological polar surface area (TPSA) is 76.2 Å². The molecule has 7 heteroatoms. The second-order valence-electron chi connectivity index (χ2n) is 10.3. The lowest BCUT2D eigenvalue weighted by Crippen LogP contribution is -2.62. The van der Waals surface area contributed by atoms with Crippen molar-refractivity contribution >= 4 is 23.5 Å². The van der Waals surface area contributed by atoms with E-state index in [0.717, 1.165) is 37.3 Å². The highest BCUT2D eigenvalue weighted by Crippen LogP contribution is 2.58. The molecule has 6 atom stereocenters. The Kier molecular flexibility index (Phi) is 5.81.